The molecule has 1 heterocycles. The van der Waals surface area contributed by atoms with Crippen molar-refractivity contribution in [2.24, 2.45) is 0 Å². The summed E-state index contributed by atoms with van der Waals surface area (Å²) < 4.78 is 2.28. The molecule has 1 rings (SSSR count). The molecule has 2 nitrogen and oxygen atoms in total. The lowest BCUT2D eigenvalue weighted by Crippen LogP contribution is -2.64. The zero-order valence-electron chi connectivity index (χ0n) is 9.72. The molecule has 92 valence electrons. The van der Waals surface area contributed by atoms with Gasteiger partial charge in [-0.1, -0.05) is 0 Å². The quantitative estimate of drug-likeness (QED) is 0.404. The van der Waals surface area contributed by atoms with Crippen molar-refractivity contribution in [1.29, 1.82) is 0 Å². The maximum absolute atomic E-state index is 5.81. The van der Waals surface area contributed by atoms with Gasteiger partial charge in [0, 0.05) is 0 Å². The van der Waals surface area contributed by atoms with E-state index < -0.39 is 0 Å². The minimum atomic E-state index is 0. The second-order valence-corrected chi connectivity index (χ2v) is 5.71. The average molecular weight is 369 g/mol. The van der Waals surface area contributed by atoms with E-state index in [4.69, 9.17) is 23.2 Å². The van der Waals surface area contributed by atoms with Crippen LogP contribution in [0.5, 0.6) is 0 Å². The second kappa shape index (κ2) is 6.84. The summed E-state index contributed by atoms with van der Waals surface area (Å²) in [7, 11) is 4.62. The Kier molecular flexibility index (Phi) is 7.40. The molecule has 0 aromatic heterocycles. The Balaban J connectivity index is 0.00000196. The molecule has 0 aromatic carbocycles. The monoisotopic (exact) mass is 368 g/mol. The van der Waals surface area contributed by atoms with E-state index >= 15 is 0 Å². The Hall–Kier alpha value is 1.23. The third kappa shape index (κ3) is 4.94. The number of hydrogen-bond donors (Lipinski definition) is 0. The summed E-state index contributed by atoms with van der Waals surface area (Å²) in [6.45, 7) is 7.14. The van der Waals surface area contributed by atoms with Gasteiger partial charge in [0.05, 0.1) is 38.9 Å². The number of hydrogen-bond acceptors (Lipinski definition) is 0. The molecule has 1 saturated heterocycles. The summed E-state index contributed by atoms with van der Waals surface area (Å²) >= 11 is 11.6. The molecular formula is C10H23Cl2IN2+2. The van der Waals surface area contributed by atoms with Gasteiger partial charge in [0.1, 0.15) is 26.2 Å². The van der Waals surface area contributed by atoms with Crippen molar-refractivity contribution in [2.75, 3.05) is 65.1 Å². The molecule has 1 aliphatic rings. The van der Waals surface area contributed by atoms with Crippen molar-refractivity contribution in [3.05, 3.63) is 0 Å². The first-order valence-corrected chi connectivity index (χ1v) is 6.40. The number of halogens is 3. The molecule has 5 heteroatoms. The van der Waals surface area contributed by atoms with Gasteiger partial charge < -0.3 is 8.97 Å². The Bertz CT molecular complexity index is 162. The molecule has 0 atom stereocenters. The molecule has 0 aromatic rings. The highest BCUT2D eigenvalue weighted by Crippen LogP contribution is 2.15. The minimum absolute atomic E-state index is 0. The van der Waals surface area contributed by atoms with Crippen LogP contribution in [0.2, 0.25) is 0 Å². The second-order valence-electron chi connectivity index (χ2n) is 4.96. The highest BCUT2D eigenvalue weighted by Gasteiger charge is 2.35. The number of alkyl halides is 2. The van der Waals surface area contributed by atoms with E-state index in [1.807, 2.05) is 0 Å². The van der Waals surface area contributed by atoms with Crippen molar-refractivity contribution >= 4 is 47.2 Å². The van der Waals surface area contributed by atoms with E-state index in [1.165, 1.54) is 26.2 Å². The van der Waals surface area contributed by atoms with Crippen molar-refractivity contribution in [1.82, 2.24) is 0 Å². The lowest BCUT2D eigenvalue weighted by atomic mass is 10.2. The first kappa shape index (κ1) is 16.2. The van der Waals surface area contributed by atoms with E-state index in [9.17, 15) is 0 Å². The van der Waals surface area contributed by atoms with Crippen LogP contribution >= 0.6 is 47.2 Å². The SMILES string of the molecule is C[N+]1(CCCl)CC[N+](C)(CCCl)CC1.I. The maximum atomic E-state index is 5.81. The normalized spacial score (nSPS) is 36.0. The lowest BCUT2D eigenvalue weighted by Gasteiger charge is -2.45. The molecule has 1 aliphatic heterocycles. The molecule has 0 N–H and O–H groups in total. The van der Waals surface area contributed by atoms with Crippen LogP contribution in [0.3, 0.4) is 0 Å². The number of rotatable bonds is 4. The molecule has 0 saturated carbocycles. The number of likely N-dealkylation sites (N-methyl/N-ethyl adjacent to an activating group) is 2. The third-order valence-corrected chi connectivity index (χ3v) is 3.95. The fourth-order valence-electron chi connectivity index (χ4n) is 2.04. The van der Waals surface area contributed by atoms with E-state index in [0.29, 0.717) is 0 Å². The van der Waals surface area contributed by atoms with Gasteiger partial charge >= 0.3 is 0 Å². The minimum Gasteiger partial charge on any atom is -0.316 e. The molecule has 0 spiro atoms. The number of quaternary nitrogens is 2. The molecular weight excluding hydrogens is 346 g/mol. The van der Waals surface area contributed by atoms with Crippen LogP contribution in [0.25, 0.3) is 0 Å². The summed E-state index contributed by atoms with van der Waals surface area (Å²) in [6, 6.07) is 0. The van der Waals surface area contributed by atoms with E-state index in [-0.39, 0.29) is 24.0 Å². The molecule has 0 unspecified atom stereocenters. The smallest absolute Gasteiger partial charge is 0.128 e. The van der Waals surface area contributed by atoms with Crippen molar-refractivity contribution in [3.8, 4) is 0 Å². The van der Waals surface area contributed by atoms with E-state index in [0.717, 1.165) is 33.8 Å². The first-order valence-electron chi connectivity index (χ1n) is 5.33. The van der Waals surface area contributed by atoms with Crippen LogP contribution in [-0.2, 0) is 0 Å². The average Bonchev–Trinajstić information content (AvgIpc) is 2.13. The first-order chi connectivity index (χ1) is 6.54. The van der Waals surface area contributed by atoms with E-state index in [1.54, 1.807) is 0 Å². The fraction of sp³-hybridized carbons (Fsp3) is 1.00. The van der Waals surface area contributed by atoms with Gasteiger partial charge in [-0.2, -0.15) is 0 Å². The summed E-state index contributed by atoms with van der Waals surface area (Å²) in [4.78, 5) is 0. The standard InChI is InChI=1S/C10H22Cl2N2.HI/c1-13(5-3-11)7-9-14(2,6-4-12)10-8-13;/h3-10H2,1-2H3;1H/q+2;. The zero-order chi connectivity index (χ0) is 10.7. The largest absolute Gasteiger partial charge is 0.316 e. The molecule has 0 aliphatic carbocycles. The van der Waals surface area contributed by atoms with Crippen molar-refractivity contribution in [3.63, 3.8) is 0 Å². The maximum Gasteiger partial charge on any atom is 0.128 e. The van der Waals surface area contributed by atoms with Gasteiger partial charge in [-0.15, -0.1) is 47.2 Å². The van der Waals surface area contributed by atoms with Crippen LogP contribution in [0.15, 0.2) is 0 Å². The zero-order valence-corrected chi connectivity index (χ0v) is 13.6. The van der Waals surface area contributed by atoms with Gasteiger partial charge in [0.15, 0.2) is 0 Å². The molecule has 0 bridgehead atoms. The van der Waals surface area contributed by atoms with Crippen LogP contribution in [0, 0.1) is 0 Å². The van der Waals surface area contributed by atoms with Gasteiger partial charge in [-0.25, -0.2) is 0 Å². The molecule has 0 amide bonds. The Morgan fingerprint density at radius 1 is 0.800 bits per heavy atom. The third-order valence-electron chi connectivity index (χ3n) is 3.61. The summed E-state index contributed by atoms with van der Waals surface area (Å²) in [5.41, 5.74) is 0. The summed E-state index contributed by atoms with van der Waals surface area (Å²) in [6.07, 6.45) is 0. The van der Waals surface area contributed by atoms with Crippen molar-refractivity contribution < 1.29 is 8.97 Å². The van der Waals surface area contributed by atoms with Crippen LogP contribution in [-0.4, -0.2) is 74.1 Å². The van der Waals surface area contributed by atoms with Gasteiger partial charge in [0.25, 0.3) is 0 Å². The van der Waals surface area contributed by atoms with Crippen LogP contribution in [0.4, 0.5) is 0 Å². The molecule has 15 heavy (non-hydrogen) atoms. The lowest BCUT2D eigenvalue weighted by molar-refractivity contribution is -1.01. The van der Waals surface area contributed by atoms with Gasteiger partial charge in [0.2, 0.25) is 0 Å². The van der Waals surface area contributed by atoms with Crippen LogP contribution < -0.4 is 0 Å². The number of piperazine rings is 1. The highest BCUT2D eigenvalue weighted by atomic mass is 127. The Morgan fingerprint density at radius 2 is 1.07 bits per heavy atom. The topological polar surface area (TPSA) is 0 Å². The number of nitrogens with zero attached hydrogens (tertiary/aromatic N) is 2. The predicted molar refractivity (Wildman–Crippen MR) is 78.4 cm³/mol. The molecule has 1 fully saturated rings. The summed E-state index contributed by atoms with van der Waals surface area (Å²) in [5.74, 6) is 1.55. The van der Waals surface area contributed by atoms with E-state index in [2.05, 4.69) is 14.1 Å². The Morgan fingerprint density at radius 3 is 1.27 bits per heavy atom. The highest BCUT2D eigenvalue weighted by molar-refractivity contribution is 14.0. The fourth-order valence-corrected chi connectivity index (χ4v) is 2.86. The Labute approximate surface area is 121 Å². The van der Waals surface area contributed by atoms with Gasteiger partial charge in [-0.05, 0) is 0 Å². The molecule has 0 radical (unpaired) electrons. The van der Waals surface area contributed by atoms with Crippen LogP contribution in [0.1, 0.15) is 0 Å². The van der Waals surface area contributed by atoms with Gasteiger partial charge in [-0.3, -0.25) is 0 Å². The summed E-state index contributed by atoms with van der Waals surface area (Å²) in [5, 5.41) is 0. The predicted octanol–water partition coefficient (Wildman–Crippen LogP) is 1.99. The van der Waals surface area contributed by atoms with Crippen molar-refractivity contribution in [2.45, 2.75) is 0 Å².